The first-order valence-electron chi connectivity index (χ1n) is 32.1. The van der Waals surface area contributed by atoms with Crippen molar-refractivity contribution >= 4 is 87.5 Å². The Bertz CT molecular complexity index is 3920. The number of fused-ring (bicyclic) bond motifs is 2. The largest absolute Gasteiger partial charge is 0.311 e. The van der Waals surface area contributed by atoms with Gasteiger partial charge in [0.05, 0.1) is 0 Å². The Hall–Kier alpha value is -8.28. The second-order valence-electron chi connectivity index (χ2n) is 23.6. The molecule has 4 heteroatoms. The van der Waals surface area contributed by atoms with E-state index in [9.17, 15) is 0 Å². The quantitative estimate of drug-likeness (QED) is 0.0526. The van der Waals surface area contributed by atoms with Gasteiger partial charge in [-0.15, -0.1) is 0 Å². The van der Waals surface area contributed by atoms with Gasteiger partial charge < -0.3 is 9.80 Å². The normalized spacial score (nSPS) is 11.4. The Morgan fingerprint density at radius 3 is 0.841 bits per heavy atom. The second-order valence-corrected chi connectivity index (χ2v) is 25.4. The first-order chi connectivity index (χ1) is 43.4. The number of benzene rings is 12. The molecule has 0 amide bonds. The number of hydrogen-bond acceptors (Lipinski definition) is 2. The van der Waals surface area contributed by atoms with Gasteiger partial charge >= 0.3 is 0 Å². The molecule has 0 unspecified atom stereocenters. The summed E-state index contributed by atoms with van der Waals surface area (Å²) in [5.41, 5.74) is 22.2. The summed E-state index contributed by atoms with van der Waals surface area (Å²) in [6, 6.07) is 99.1. The van der Waals surface area contributed by atoms with Gasteiger partial charge in [0, 0.05) is 43.1 Å². The number of anilines is 6. The molecular weight excluding hydrogens is 1200 g/mol. The summed E-state index contributed by atoms with van der Waals surface area (Å²) in [6.45, 7) is 4.63. The summed E-state index contributed by atoms with van der Waals surface area (Å²) in [4.78, 5) is 4.74. The number of unbranched alkanes of at least 4 members (excludes halogenated alkanes) is 10. The molecule has 12 aromatic rings. The van der Waals surface area contributed by atoms with Crippen molar-refractivity contribution in [1.82, 2.24) is 0 Å². The lowest BCUT2D eigenvalue weighted by atomic mass is 9.80. The van der Waals surface area contributed by atoms with Crippen LogP contribution in [0.5, 0.6) is 0 Å². The van der Waals surface area contributed by atoms with E-state index in [-0.39, 0.29) is 0 Å². The Morgan fingerprint density at radius 2 is 0.511 bits per heavy atom. The zero-order valence-electron chi connectivity index (χ0n) is 51.0. The predicted octanol–water partition coefficient (Wildman–Crippen LogP) is 26.6. The van der Waals surface area contributed by atoms with Crippen molar-refractivity contribution in [2.45, 2.75) is 104 Å². The maximum atomic E-state index is 3.71. The van der Waals surface area contributed by atoms with Crippen LogP contribution < -0.4 is 9.80 Å². The van der Waals surface area contributed by atoms with E-state index in [1.807, 2.05) is 0 Å². The van der Waals surface area contributed by atoms with Crippen molar-refractivity contribution in [3.05, 3.63) is 287 Å². The van der Waals surface area contributed by atoms with Crippen molar-refractivity contribution in [3.8, 4) is 55.6 Å². The van der Waals surface area contributed by atoms with Crippen molar-refractivity contribution in [1.29, 1.82) is 0 Å². The molecule has 2 nitrogen and oxygen atoms in total. The highest BCUT2D eigenvalue weighted by atomic mass is 79.9. The van der Waals surface area contributed by atoms with Crippen molar-refractivity contribution in [2.24, 2.45) is 0 Å². The number of halogens is 2. The van der Waals surface area contributed by atoms with Crippen LogP contribution in [-0.2, 0) is 12.8 Å². The lowest BCUT2D eigenvalue weighted by molar-refractivity contribution is 0.607. The first-order valence-corrected chi connectivity index (χ1v) is 33.7. The number of aryl methyl sites for hydroxylation is 2. The number of hydrogen-bond donors (Lipinski definition) is 0. The minimum absolute atomic E-state index is 1.02. The Balaban J connectivity index is 0.965. The summed E-state index contributed by atoms with van der Waals surface area (Å²) < 4.78 is 2.12. The van der Waals surface area contributed by atoms with Crippen LogP contribution in [0.3, 0.4) is 0 Å². The fourth-order valence-corrected chi connectivity index (χ4v) is 13.6. The maximum Gasteiger partial charge on any atom is 0.0462 e. The van der Waals surface area contributed by atoms with Crippen molar-refractivity contribution in [2.75, 3.05) is 9.80 Å². The van der Waals surface area contributed by atoms with Gasteiger partial charge in [-0.25, -0.2) is 0 Å². The molecule has 0 spiro atoms. The Morgan fingerprint density at radius 1 is 0.250 bits per heavy atom. The average Bonchev–Trinajstić information content (AvgIpc) is 2.93. The fraction of sp³-hybridized carbons (Fsp3) is 0.190. The molecule has 0 N–H and O–H groups in total. The van der Waals surface area contributed by atoms with Gasteiger partial charge in [-0.05, 0) is 223 Å². The molecule has 0 aliphatic rings. The van der Waals surface area contributed by atoms with Crippen molar-refractivity contribution < 1.29 is 0 Å². The van der Waals surface area contributed by atoms with E-state index in [0.717, 1.165) is 68.8 Å². The molecule has 0 radical (unpaired) electrons. The van der Waals surface area contributed by atoms with Gasteiger partial charge in [0.1, 0.15) is 0 Å². The number of nitrogens with zero attached hydrogens (tertiary/aromatic N) is 2. The van der Waals surface area contributed by atoms with Crippen LogP contribution in [-0.4, -0.2) is 0 Å². The molecule has 0 aromatic heterocycles. The monoisotopic (exact) mass is 1270 g/mol. The summed E-state index contributed by atoms with van der Waals surface area (Å²) in [5, 5.41) is 5.24. The zero-order valence-corrected chi connectivity index (χ0v) is 54.1. The van der Waals surface area contributed by atoms with E-state index in [1.54, 1.807) is 0 Å². The SMILES string of the molecule is CCCCCCCCc1cc(-c2ccc(N(c3ccc(Br)cc3)c3ccc(-c4ccccc4)cc3)cc2)c2ccccc2c1-c1c(CCCCCCCC)cc(-c2ccc(N(c3ccc(Br)cc3)c3ccc(-c4ccccc4)cc3)cc2)c2ccccc12. The van der Waals surface area contributed by atoms with Crippen molar-refractivity contribution in [3.63, 3.8) is 0 Å². The van der Waals surface area contributed by atoms with Crippen LogP contribution in [0.25, 0.3) is 77.2 Å². The smallest absolute Gasteiger partial charge is 0.0462 e. The standard InChI is InChI=1S/C84H78Br2N2/c1-3-5-7-9-11-15-29-67-59-81(65-39-51-73(52-40-65)87(75-55-43-69(85)44-56-75)71-47-35-63(36-48-71)61-25-17-13-18-26-61)77-31-21-23-33-79(77)83(67)84-68(30-16-12-10-8-6-4-2)60-82(78-32-22-24-34-80(78)84)66-41-53-74(54-42-66)88(76-57-45-70(86)46-58-76)72-49-37-64(38-50-72)62-27-19-14-20-28-62/h13-14,17-28,31-60H,3-12,15-16,29-30H2,1-2H3. The first kappa shape index (κ1) is 60.0. The van der Waals surface area contributed by atoms with Crippen LogP contribution in [0.4, 0.5) is 34.1 Å². The van der Waals surface area contributed by atoms with Crippen LogP contribution in [0.15, 0.2) is 276 Å². The third-order valence-electron chi connectivity index (χ3n) is 17.6. The van der Waals surface area contributed by atoms with Gasteiger partial charge in [-0.1, -0.05) is 268 Å². The third-order valence-corrected chi connectivity index (χ3v) is 18.7. The predicted molar refractivity (Wildman–Crippen MR) is 388 cm³/mol. The van der Waals surface area contributed by atoms with Crippen LogP contribution in [0.2, 0.25) is 0 Å². The van der Waals surface area contributed by atoms with E-state index >= 15 is 0 Å². The average molecular weight is 1280 g/mol. The molecule has 0 saturated carbocycles. The molecule has 0 bridgehead atoms. The highest BCUT2D eigenvalue weighted by molar-refractivity contribution is 9.10. The van der Waals surface area contributed by atoms with Crippen LogP contribution in [0.1, 0.15) is 102 Å². The Labute approximate surface area is 539 Å². The molecule has 0 heterocycles. The summed E-state index contributed by atoms with van der Waals surface area (Å²) in [6.07, 6.45) is 17.1. The topological polar surface area (TPSA) is 6.48 Å². The van der Waals surface area contributed by atoms with E-state index in [1.165, 1.54) is 153 Å². The van der Waals surface area contributed by atoms with E-state index in [2.05, 4.69) is 322 Å². The molecule has 0 aliphatic heterocycles. The van der Waals surface area contributed by atoms with Crippen LogP contribution in [0, 0.1) is 0 Å². The van der Waals surface area contributed by atoms with Gasteiger partial charge in [0.15, 0.2) is 0 Å². The Kier molecular flexibility index (Phi) is 19.9. The molecular formula is C84H78Br2N2. The molecule has 88 heavy (non-hydrogen) atoms. The molecule has 0 atom stereocenters. The number of rotatable bonds is 25. The van der Waals surface area contributed by atoms with E-state index in [0.29, 0.717) is 0 Å². The zero-order chi connectivity index (χ0) is 60.0. The van der Waals surface area contributed by atoms with Gasteiger partial charge in [0.2, 0.25) is 0 Å². The fourth-order valence-electron chi connectivity index (χ4n) is 13.0. The molecule has 0 saturated heterocycles. The molecule has 0 aliphatic carbocycles. The highest BCUT2D eigenvalue weighted by Gasteiger charge is 2.23. The highest BCUT2D eigenvalue weighted by Crippen LogP contribution is 2.48. The van der Waals surface area contributed by atoms with Gasteiger partial charge in [-0.3, -0.25) is 0 Å². The third kappa shape index (κ3) is 13.9. The lowest BCUT2D eigenvalue weighted by Gasteiger charge is -2.26. The second kappa shape index (κ2) is 29.1. The van der Waals surface area contributed by atoms with Crippen LogP contribution >= 0.6 is 31.9 Å². The van der Waals surface area contributed by atoms with E-state index in [4.69, 9.17) is 0 Å². The minimum atomic E-state index is 1.02. The minimum Gasteiger partial charge on any atom is -0.311 e. The van der Waals surface area contributed by atoms with Gasteiger partial charge in [-0.2, -0.15) is 0 Å². The molecule has 12 rings (SSSR count). The molecule has 12 aromatic carbocycles. The molecule has 0 fully saturated rings. The summed E-state index contributed by atoms with van der Waals surface area (Å²) >= 11 is 7.42. The lowest BCUT2D eigenvalue weighted by Crippen LogP contribution is -2.09. The summed E-state index contributed by atoms with van der Waals surface area (Å²) in [5.74, 6) is 0. The molecule has 438 valence electrons. The maximum absolute atomic E-state index is 3.71. The van der Waals surface area contributed by atoms with Gasteiger partial charge in [0.25, 0.3) is 0 Å². The van der Waals surface area contributed by atoms with E-state index < -0.39 is 0 Å². The summed E-state index contributed by atoms with van der Waals surface area (Å²) in [7, 11) is 0.